The van der Waals surface area contributed by atoms with Crippen molar-refractivity contribution in [1.29, 1.82) is 0 Å². The van der Waals surface area contributed by atoms with Gasteiger partial charge in [-0.25, -0.2) is 0 Å². The van der Waals surface area contributed by atoms with Gasteiger partial charge in [-0.05, 0) is 42.1 Å². The maximum atomic E-state index is 4.19. The molecule has 3 heteroatoms. The number of hydrogen-bond acceptors (Lipinski definition) is 3. The van der Waals surface area contributed by atoms with E-state index >= 15 is 0 Å². The molecular formula is C13H16N2S. The lowest BCUT2D eigenvalue weighted by molar-refractivity contribution is 0.628. The molecule has 2 rings (SSSR count). The Morgan fingerprint density at radius 1 is 1.44 bits per heavy atom. The van der Waals surface area contributed by atoms with Crippen molar-refractivity contribution in [3.63, 3.8) is 0 Å². The molecule has 16 heavy (non-hydrogen) atoms. The van der Waals surface area contributed by atoms with Gasteiger partial charge in [-0.1, -0.05) is 13.0 Å². The van der Waals surface area contributed by atoms with E-state index in [1.165, 1.54) is 16.0 Å². The third-order valence-electron chi connectivity index (χ3n) is 2.64. The minimum Gasteiger partial charge on any atom is -0.306 e. The van der Waals surface area contributed by atoms with E-state index in [0.29, 0.717) is 0 Å². The molecule has 0 fully saturated rings. The Morgan fingerprint density at radius 2 is 2.31 bits per heavy atom. The first-order valence-corrected chi connectivity index (χ1v) is 6.38. The molecule has 0 aliphatic carbocycles. The summed E-state index contributed by atoms with van der Waals surface area (Å²) in [6.45, 7) is 5.25. The zero-order chi connectivity index (χ0) is 11.4. The van der Waals surface area contributed by atoms with E-state index in [1.807, 2.05) is 18.5 Å². The fourth-order valence-electron chi connectivity index (χ4n) is 1.85. The van der Waals surface area contributed by atoms with Crippen molar-refractivity contribution in [2.24, 2.45) is 0 Å². The summed E-state index contributed by atoms with van der Waals surface area (Å²) in [5.74, 6) is 0. The highest BCUT2D eigenvalue weighted by Crippen LogP contribution is 2.27. The molecule has 2 nitrogen and oxygen atoms in total. The predicted molar refractivity (Wildman–Crippen MR) is 68.8 cm³/mol. The highest BCUT2D eigenvalue weighted by atomic mass is 32.1. The standard InChI is InChI=1S/C13H16N2S/c1-3-15-13(11-5-4-7-14-9-11)12-6-8-16-10(12)2/h4-9,13,15H,3H2,1-2H3. The Morgan fingerprint density at radius 3 is 2.88 bits per heavy atom. The highest BCUT2D eigenvalue weighted by Gasteiger charge is 2.15. The zero-order valence-corrected chi connectivity index (χ0v) is 10.4. The fourth-order valence-corrected chi connectivity index (χ4v) is 2.59. The van der Waals surface area contributed by atoms with E-state index in [0.717, 1.165) is 6.54 Å². The van der Waals surface area contributed by atoms with Gasteiger partial charge in [0.2, 0.25) is 0 Å². The zero-order valence-electron chi connectivity index (χ0n) is 9.60. The first kappa shape index (κ1) is 11.3. The van der Waals surface area contributed by atoms with E-state index < -0.39 is 0 Å². The minimum atomic E-state index is 0.268. The van der Waals surface area contributed by atoms with Gasteiger partial charge >= 0.3 is 0 Å². The van der Waals surface area contributed by atoms with Gasteiger partial charge in [-0.15, -0.1) is 11.3 Å². The van der Waals surface area contributed by atoms with Gasteiger partial charge < -0.3 is 5.32 Å². The van der Waals surface area contributed by atoms with Crippen molar-refractivity contribution in [3.8, 4) is 0 Å². The second-order valence-electron chi connectivity index (χ2n) is 3.71. The van der Waals surface area contributed by atoms with Crippen LogP contribution in [0.15, 0.2) is 36.0 Å². The van der Waals surface area contributed by atoms with Gasteiger partial charge in [-0.2, -0.15) is 0 Å². The Labute approximate surface area is 100 Å². The van der Waals surface area contributed by atoms with E-state index in [1.54, 1.807) is 11.3 Å². The van der Waals surface area contributed by atoms with E-state index in [9.17, 15) is 0 Å². The minimum absolute atomic E-state index is 0.268. The monoisotopic (exact) mass is 232 g/mol. The quantitative estimate of drug-likeness (QED) is 0.876. The Hall–Kier alpha value is -1.19. The van der Waals surface area contributed by atoms with Gasteiger partial charge in [0, 0.05) is 17.3 Å². The summed E-state index contributed by atoms with van der Waals surface area (Å²) in [4.78, 5) is 5.56. The normalized spacial score (nSPS) is 12.6. The summed E-state index contributed by atoms with van der Waals surface area (Å²) in [6, 6.07) is 6.57. The molecule has 0 saturated heterocycles. The second-order valence-corrected chi connectivity index (χ2v) is 4.83. The molecule has 2 heterocycles. The van der Waals surface area contributed by atoms with Crippen molar-refractivity contribution >= 4 is 11.3 Å². The molecule has 0 aliphatic heterocycles. The predicted octanol–water partition coefficient (Wildman–Crippen LogP) is 3.15. The summed E-state index contributed by atoms with van der Waals surface area (Å²) in [5.41, 5.74) is 2.59. The maximum Gasteiger partial charge on any atom is 0.0602 e. The Bertz CT molecular complexity index is 436. The summed E-state index contributed by atoms with van der Waals surface area (Å²) < 4.78 is 0. The molecule has 2 aromatic rings. The molecule has 0 aliphatic rings. The van der Waals surface area contributed by atoms with Crippen molar-refractivity contribution in [2.45, 2.75) is 19.9 Å². The molecular weight excluding hydrogens is 216 g/mol. The lowest BCUT2D eigenvalue weighted by Crippen LogP contribution is -2.22. The summed E-state index contributed by atoms with van der Waals surface area (Å²) >= 11 is 1.79. The number of hydrogen-bond donors (Lipinski definition) is 1. The summed E-state index contributed by atoms with van der Waals surface area (Å²) in [7, 11) is 0. The van der Waals surface area contributed by atoms with Crippen LogP contribution in [0.25, 0.3) is 0 Å². The van der Waals surface area contributed by atoms with Gasteiger partial charge in [0.1, 0.15) is 0 Å². The fraction of sp³-hybridized carbons (Fsp3) is 0.308. The number of aromatic nitrogens is 1. The third-order valence-corrected chi connectivity index (χ3v) is 3.50. The van der Waals surface area contributed by atoms with Crippen molar-refractivity contribution < 1.29 is 0 Å². The van der Waals surface area contributed by atoms with Crippen LogP contribution in [0.2, 0.25) is 0 Å². The van der Waals surface area contributed by atoms with Crippen LogP contribution >= 0.6 is 11.3 Å². The van der Waals surface area contributed by atoms with Crippen LogP contribution < -0.4 is 5.32 Å². The van der Waals surface area contributed by atoms with E-state index in [-0.39, 0.29) is 6.04 Å². The highest BCUT2D eigenvalue weighted by molar-refractivity contribution is 7.10. The number of nitrogens with zero attached hydrogens (tertiary/aromatic N) is 1. The second kappa shape index (κ2) is 5.23. The lowest BCUT2D eigenvalue weighted by atomic mass is 10.0. The number of thiophene rings is 1. The van der Waals surface area contributed by atoms with Crippen LogP contribution in [0.4, 0.5) is 0 Å². The maximum absolute atomic E-state index is 4.19. The molecule has 0 amide bonds. The van der Waals surface area contributed by atoms with Gasteiger partial charge in [-0.3, -0.25) is 4.98 Å². The van der Waals surface area contributed by atoms with Crippen LogP contribution in [0.1, 0.15) is 29.0 Å². The Kier molecular flexibility index (Phi) is 3.70. The van der Waals surface area contributed by atoms with E-state index in [2.05, 4.69) is 41.7 Å². The molecule has 1 atom stereocenters. The topological polar surface area (TPSA) is 24.9 Å². The first-order valence-electron chi connectivity index (χ1n) is 5.50. The first-order chi connectivity index (χ1) is 7.83. The molecule has 0 bridgehead atoms. The number of rotatable bonds is 4. The molecule has 0 spiro atoms. The van der Waals surface area contributed by atoms with Crippen molar-refractivity contribution in [1.82, 2.24) is 10.3 Å². The molecule has 84 valence electrons. The number of aryl methyl sites for hydroxylation is 1. The smallest absolute Gasteiger partial charge is 0.0602 e. The summed E-state index contributed by atoms with van der Waals surface area (Å²) in [5, 5.41) is 5.65. The van der Waals surface area contributed by atoms with Gasteiger partial charge in [0.25, 0.3) is 0 Å². The molecule has 0 aromatic carbocycles. The van der Waals surface area contributed by atoms with Gasteiger partial charge in [0.15, 0.2) is 0 Å². The molecule has 1 unspecified atom stereocenters. The summed E-state index contributed by atoms with van der Waals surface area (Å²) in [6.07, 6.45) is 3.75. The van der Waals surface area contributed by atoms with Crippen LogP contribution in [0.3, 0.4) is 0 Å². The van der Waals surface area contributed by atoms with Crippen LogP contribution in [0, 0.1) is 6.92 Å². The molecule has 0 saturated carbocycles. The average Bonchev–Trinajstić information content (AvgIpc) is 2.73. The van der Waals surface area contributed by atoms with Crippen LogP contribution in [0.5, 0.6) is 0 Å². The van der Waals surface area contributed by atoms with Crippen molar-refractivity contribution in [2.75, 3.05) is 6.54 Å². The number of pyridine rings is 1. The van der Waals surface area contributed by atoms with Gasteiger partial charge in [0.05, 0.1) is 6.04 Å². The number of nitrogens with one attached hydrogen (secondary N) is 1. The molecule has 0 radical (unpaired) electrons. The van der Waals surface area contributed by atoms with Crippen LogP contribution in [-0.4, -0.2) is 11.5 Å². The third kappa shape index (κ3) is 2.31. The van der Waals surface area contributed by atoms with Crippen molar-refractivity contribution in [3.05, 3.63) is 52.0 Å². The largest absolute Gasteiger partial charge is 0.306 e. The van der Waals surface area contributed by atoms with Crippen LogP contribution in [-0.2, 0) is 0 Å². The average molecular weight is 232 g/mol. The van der Waals surface area contributed by atoms with E-state index in [4.69, 9.17) is 0 Å². The molecule has 1 N–H and O–H groups in total. The SMILES string of the molecule is CCNC(c1cccnc1)c1ccsc1C. The lowest BCUT2D eigenvalue weighted by Gasteiger charge is -2.18. The molecule has 2 aromatic heterocycles. The Balaban J connectivity index is 2.35.